The van der Waals surface area contributed by atoms with E-state index in [1.807, 2.05) is 25.1 Å². The van der Waals surface area contributed by atoms with E-state index in [2.05, 4.69) is 48.6 Å². The zero-order chi connectivity index (χ0) is 21.3. The average molecular weight is 407 g/mol. The first-order valence-corrected chi connectivity index (χ1v) is 11.2. The molecule has 0 bridgehead atoms. The van der Waals surface area contributed by atoms with Gasteiger partial charge < -0.3 is 10.2 Å². The van der Waals surface area contributed by atoms with Gasteiger partial charge in [-0.1, -0.05) is 73.0 Å². The molecule has 160 valence electrons. The molecule has 30 heavy (non-hydrogen) atoms. The molecular formula is C26H34N2O2. The second-order valence-corrected chi connectivity index (χ2v) is 8.47. The smallest absolute Gasteiger partial charge is 0.242 e. The second-order valence-electron chi connectivity index (χ2n) is 8.47. The third-order valence-corrected chi connectivity index (χ3v) is 6.10. The van der Waals surface area contributed by atoms with Gasteiger partial charge in [0.25, 0.3) is 0 Å². The summed E-state index contributed by atoms with van der Waals surface area (Å²) in [5.74, 6) is 0.0132. The zero-order valence-electron chi connectivity index (χ0n) is 18.3. The first-order chi connectivity index (χ1) is 14.5. The molecule has 0 radical (unpaired) electrons. The topological polar surface area (TPSA) is 49.4 Å². The fraction of sp³-hybridized carbons (Fsp3) is 0.462. The van der Waals surface area contributed by atoms with Crippen molar-refractivity contribution < 1.29 is 9.59 Å². The number of nitrogens with zero attached hydrogens (tertiary/aromatic N) is 1. The molecule has 1 fully saturated rings. The lowest BCUT2D eigenvalue weighted by Crippen LogP contribution is -2.50. The van der Waals surface area contributed by atoms with Crippen LogP contribution in [0.1, 0.15) is 55.7 Å². The minimum Gasteiger partial charge on any atom is -0.352 e. The molecule has 0 heterocycles. The van der Waals surface area contributed by atoms with E-state index in [1.54, 1.807) is 4.90 Å². The Morgan fingerprint density at radius 2 is 1.60 bits per heavy atom. The molecule has 3 rings (SSSR count). The van der Waals surface area contributed by atoms with Gasteiger partial charge in [0.15, 0.2) is 0 Å². The van der Waals surface area contributed by atoms with Gasteiger partial charge in [0.2, 0.25) is 11.8 Å². The zero-order valence-corrected chi connectivity index (χ0v) is 18.3. The number of nitrogens with one attached hydrogen (secondary N) is 1. The predicted octanol–water partition coefficient (Wildman–Crippen LogP) is 4.45. The lowest BCUT2D eigenvalue weighted by atomic mass is 10.1. The summed E-state index contributed by atoms with van der Waals surface area (Å²) < 4.78 is 0. The van der Waals surface area contributed by atoms with Gasteiger partial charge in [-0.25, -0.2) is 0 Å². The van der Waals surface area contributed by atoms with Crippen LogP contribution in [-0.2, 0) is 22.4 Å². The van der Waals surface area contributed by atoms with Gasteiger partial charge in [0, 0.05) is 19.0 Å². The molecule has 0 aromatic heterocycles. The minimum absolute atomic E-state index is 0.0290. The molecule has 1 aliphatic carbocycles. The van der Waals surface area contributed by atoms with E-state index in [1.165, 1.54) is 24.0 Å². The Labute approximate surface area is 180 Å². The van der Waals surface area contributed by atoms with Crippen molar-refractivity contribution in [3.8, 4) is 0 Å². The number of carbonyl (C=O) groups excluding carboxylic acids is 2. The standard InChI is InChI=1S/C26H34N2O2/c1-20-12-14-23(15-13-20)16-17-25(29)28(19-18-22-8-4-3-5-9-22)21(2)26(30)27-24-10-6-7-11-24/h3-5,8-9,12-15,21,24H,6-7,10-11,16-19H2,1-2H3,(H,27,30). The van der Waals surface area contributed by atoms with Crippen LogP contribution in [0.2, 0.25) is 0 Å². The van der Waals surface area contributed by atoms with Crippen molar-refractivity contribution in [1.29, 1.82) is 0 Å². The first-order valence-electron chi connectivity index (χ1n) is 11.2. The van der Waals surface area contributed by atoms with Crippen LogP contribution in [0.15, 0.2) is 54.6 Å². The maximum absolute atomic E-state index is 13.1. The molecule has 0 aliphatic heterocycles. The minimum atomic E-state index is -0.458. The number of amides is 2. The monoisotopic (exact) mass is 406 g/mol. The summed E-state index contributed by atoms with van der Waals surface area (Å²) in [7, 11) is 0. The Bertz CT molecular complexity index is 811. The van der Waals surface area contributed by atoms with Crippen LogP contribution in [0, 0.1) is 6.92 Å². The van der Waals surface area contributed by atoms with E-state index in [9.17, 15) is 9.59 Å². The van der Waals surface area contributed by atoms with Gasteiger partial charge in [-0.15, -0.1) is 0 Å². The Hall–Kier alpha value is -2.62. The highest BCUT2D eigenvalue weighted by Gasteiger charge is 2.27. The van der Waals surface area contributed by atoms with Gasteiger partial charge in [-0.05, 0) is 50.7 Å². The number of rotatable bonds is 9. The van der Waals surface area contributed by atoms with Gasteiger partial charge >= 0.3 is 0 Å². The van der Waals surface area contributed by atoms with E-state index in [-0.39, 0.29) is 17.9 Å². The molecule has 1 atom stereocenters. The van der Waals surface area contributed by atoms with Crippen LogP contribution in [0.25, 0.3) is 0 Å². The van der Waals surface area contributed by atoms with Crippen LogP contribution >= 0.6 is 0 Å². The van der Waals surface area contributed by atoms with Crippen LogP contribution in [-0.4, -0.2) is 35.3 Å². The molecule has 2 aromatic carbocycles. The molecular weight excluding hydrogens is 372 g/mol. The predicted molar refractivity (Wildman–Crippen MR) is 121 cm³/mol. The number of benzene rings is 2. The number of carbonyl (C=O) groups is 2. The maximum Gasteiger partial charge on any atom is 0.242 e. The average Bonchev–Trinajstić information content (AvgIpc) is 3.27. The van der Waals surface area contributed by atoms with E-state index in [0.717, 1.165) is 24.8 Å². The lowest BCUT2D eigenvalue weighted by molar-refractivity contribution is -0.140. The Kier molecular flexibility index (Phi) is 8.06. The summed E-state index contributed by atoms with van der Waals surface area (Å²) in [4.78, 5) is 27.8. The van der Waals surface area contributed by atoms with Crippen molar-refractivity contribution in [2.45, 2.75) is 70.9 Å². The summed E-state index contributed by atoms with van der Waals surface area (Å²) in [6.07, 6.45) is 6.29. The number of hydrogen-bond acceptors (Lipinski definition) is 2. The fourth-order valence-electron chi connectivity index (χ4n) is 4.11. The molecule has 1 unspecified atom stereocenters. The lowest BCUT2D eigenvalue weighted by Gasteiger charge is -2.30. The first kappa shape index (κ1) is 22.1. The summed E-state index contributed by atoms with van der Waals surface area (Å²) in [6.45, 7) is 4.47. The molecule has 0 saturated heterocycles. The number of hydrogen-bond donors (Lipinski definition) is 1. The SMILES string of the molecule is Cc1ccc(CCC(=O)N(CCc2ccccc2)C(C)C(=O)NC2CCCC2)cc1. The fourth-order valence-corrected chi connectivity index (χ4v) is 4.11. The molecule has 1 N–H and O–H groups in total. The van der Waals surface area contributed by atoms with E-state index < -0.39 is 6.04 Å². The van der Waals surface area contributed by atoms with Crippen molar-refractivity contribution in [3.63, 3.8) is 0 Å². The third-order valence-electron chi connectivity index (χ3n) is 6.10. The highest BCUT2D eigenvalue weighted by atomic mass is 16.2. The molecule has 4 heteroatoms. The van der Waals surface area contributed by atoms with E-state index in [4.69, 9.17) is 0 Å². The quantitative estimate of drug-likeness (QED) is 0.669. The van der Waals surface area contributed by atoms with Crippen LogP contribution < -0.4 is 5.32 Å². The Balaban J connectivity index is 1.64. The highest BCUT2D eigenvalue weighted by Crippen LogP contribution is 2.18. The largest absolute Gasteiger partial charge is 0.352 e. The third kappa shape index (κ3) is 6.45. The van der Waals surface area contributed by atoms with Crippen molar-refractivity contribution in [2.75, 3.05) is 6.54 Å². The van der Waals surface area contributed by atoms with Crippen LogP contribution in [0.4, 0.5) is 0 Å². The molecule has 2 aromatic rings. The highest BCUT2D eigenvalue weighted by molar-refractivity contribution is 5.87. The number of aryl methyl sites for hydroxylation is 2. The van der Waals surface area contributed by atoms with Crippen LogP contribution in [0.3, 0.4) is 0 Å². The van der Waals surface area contributed by atoms with Gasteiger partial charge in [0.05, 0.1) is 0 Å². The Morgan fingerprint density at radius 3 is 2.27 bits per heavy atom. The van der Waals surface area contributed by atoms with Crippen molar-refractivity contribution >= 4 is 11.8 Å². The van der Waals surface area contributed by atoms with E-state index >= 15 is 0 Å². The summed E-state index contributed by atoms with van der Waals surface area (Å²) in [6, 6.07) is 18.3. The molecule has 2 amide bonds. The van der Waals surface area contributed by atoms with Crippen LogP contribution in [0.5, 0.6) is 0 Å². The van der Waals surface area contributed by atoms with Gasteiger partial charge in [-0.3, -0.25) is 9.59 Å². The maximum atomic E-state index is 13.1. The summed E-state index contributed by atoms with van der Waals surface area (Å²) >= 11 is 0. The van der Waals surface area contributed by atoms with E-state index in [0.29, 0.717) is 19.4 Å². The molecule has 1 saturated carbocycles. The summed E-state index contributed by atoms with van der Waals surface area (Å²) in [5.41, 5.74) is 3.55. The van der Waals surface area contributed by atoms with Crippen molar-refractivity contribution in [1.82, 2.24) is 10.2 Å². The Morgan fingerprint density at radius 1 is 0.967 bits per heavy atom. The molecule has 0 spiro atoms. The normalized spacial score (nSPS) is 15.0. The van der Waals surface area contributed by atoms with Gasteiger partial charge in [-0.2, -0.15) is 0 Å². The molecule has 4 nitrogen and oxygen atoms in total. The van der Waals surface area contributed by atoms with Crippen molar-refractivity contribution in [3.05, 3.63) is 71.3 Å². The van der Waals surface area contributed by atoms with Crippen molar-refractivity contribution in [2.24, 2.45) is 0 Å². The summed E-state index contributed by atoms with van der Waals surface area (Å²) in [5, 5.41) is 3.16. The molecule has 1 aliphatic rings. The van der Waals surface area contributed by atoms with Gasteiger partial charge in [0.1, 0.15) is 6.04 Å². The second kappa shape index (κ2) is 11.0.